The summed E-state index contributed by atoms with van der Waals surface area (Å²) in [4.78, 5) is 12.2. The highest BCUT2D eigenvalue weighted by Gasteiger charge is 2.19. The number of hydrogen-bond donors (Lipinski definition) is 1. The molecule has 0 unspecified atom stereocenters. The molecule has 1 aromatic carbocycles. The smallest absolute Gasteiger partial charge is 0.284 e. The van der Waals surface area contributed by atoms with Gasteiger partial charge in [0.15, 0.2) is 5.76 Å². The van der Waals surface area contributed by atoms with Crippen molar-refractivity contribution in [1.82, 2.24) is 10.2 Å². The minimum atomic E-state index is -0.501. The zero-order valence-electron chi connectivity index (χ0n) is 12.9. The van der Waals surface area contributed by atoms with Crippen LogP contribution in [0.5, 0.6) is 0 Å². The summed E-state index contributed by atoms with van der Waals surface area (Å²) in [5.41, 5.74) is 0.920. The van der Waals surface area contributed by atoms with Gasteiger partial charge in [-0.1, -0.05) is 17.8 Å². The van der Waals surface area contributed by atoms with Crippen LogP contribution in [0.1, 0.15) is 12.5 Å². The number of nitrogens with one attached hydrogen (secondary N) is 1. The van der Waals surface area contributed by atoms with Gasteiger partial charge in [0.1, 0.15) is 5.82 Å². The van der Waals surface area contributed by atoms with Crippen molar-refractivity contribution < 1.29 is 18.0 Å². The number of furan rings is 1. The van der Waals surface area contributed by atoms with Crippen LogP contribution in [0.2, 0.25) is 0 Å². The molecule has 0 spiro atoms. The standard InChI is InChI=1S/C16H14FN3O3S/c1-9-5-6-11(8-12(9)17)18-14(21)10(2)24-16-20-19-15(23-16)13-4-3-7-22-13/h3-8,10H,1-2H3,(H,18,21)/t10-/m0/s1. The summed E-state index contributed by atoms with van der Waals surface area (Å²) in [6.07, 6.45) is 1.50. The maximum atomic E-state index is 13.5. The van der Waals surface area contributed by atoms with Gasteiger partial charge in [0.2, 0.25) is 5.91 Å². The summed E-state index contributed by atoms with van der Waals surface area (Å²) in [6.45, 7) is 3.35. The Bertz CT molecular complexity index is 848. The Balaban J connectivity index is 1.62. The fourth-order valence-electron chi connectivity index (χ4n) is 1.88. The molecule has 0 fully saturated rings. The first-order valence-corrected chi connectivity index (χ1v) is 8.02. The molecule has 2 aromatic heterocycles. The summed E-state index contributed by atoms with van der Waals surface area (Å²) < 4.78 is 24.1. The zero-order valence-corrected chi connectivity index (χ0v) is 13.8. The molecule has 3 aromatic rings. The Morgan fingerprint density at radius 1 is 1.33 bits per heavy atom. The first-order chi connectivity index (χ1) is 11.5. The molecule has 0 bridgehead atoms. The van der Waals surface area contributed by atoms with Gasteiger partial charge in [0.05, 0.1) is 11.5 Å². The molecule has 124 valence electrons. The Hall–Kier alpha value is -2.61. The average Bonchev–Trinajstić information content (AvgIpc) is 3.21. The number of nitrogens with zero attached hydrogens (tertiary/aromatic N) is 2. The molecule has 0 aliphatic heterocycles. The molecule has 1 N–H and O–H groups in total. The number of carbonyl (C=O) groups excluding carboxylic acids is 1. The second kappa shape index (κ2) is 6.88. The van der Waals surface area contributed by atoms with Gasteiger partial charge in [-0.2, -0.15) is 0 Å². The summed E-state index contributed by atoms with van der Waals surface area (Å²) in [5, 5.41) is 10.1. The van der Waals surface area contributed by atoms with Crippen molar-refractivity contribution in [3.63, 3.8) is 0 Å². The number of aromatic nitrogens is 2. The molecule has 24 heavy (non-hydrogen) atoms. The summed E-state index contributed by atoms with van der Waals surface area (Å²) in [5.74, 6) is 0.0476. The fraction of sp³-hybridized carbons (Fsp3) is 0.188. The minimum absolute atomic E-state index is 0.246. The summed E-state index contributed by atoms with van der Waals surface area (Å²) >= 11 is 1.11. The Morgan fingerprint density at radius 2 is 2.17 bits per heavy atom. The summed E-state index contributed by atoms with van der Waals surface area (Å²) in [6, 6.07) is 7.95. The normalized spacial score (nSPS) is 12.1. The topological polar surface area (TPSA) is 81.2 Å². The van der Waals surface area contributed by atoms with Crippen molar-refractivity contribution in [3.8, 4) is 11.7 Å². The minimum Gasteiger partial charge on any atom is -0.459 e. The number of hydrogen-bond acceptors (Lipinski definition) is 6. The first kappa shape index (κ1) is 16.3. The maximum absolute atomic E-state index is 13.5. The quantitative estimate of drug-likeness (QED) is 0.705. The monoisotopic (exact) mass is 347 g/mol. The number of benzene rings is 1. The third-order valence-electron chi connectivity index (χ3n) is 3.22. The number of aryl methyl sites for hydroxylation is 1. The van der Waals surface area contributed by atoms with Crippen molar-refractivity contribution in [2.45, 2.75) is 24.3 Å². The zero-order chi connectivity index (χ0) is 17.1. The van der Waals surface area contributed by atoms with E-state index >= 15 is 0 Å². The number of anilines is 1. The number of rotatable bonds is 5. The number of thioether (sulfide) groups is 1. The number of amides is 1. The molecule has 2 heterocycles. The molecular formula is C16H14FN3O3S. The van der Waals surface area contributed by atoms with E-state index in [0.29, 0.717) is 17.0 Å². The van der Waals surface area contributed by atoms with Gasteiger partial charge in [0.25, 0.3) is 11.1 Å². The highest BCUT2D eigenvalue weighted by molar-refractivity contribution is 8.00. The van der Waals surface area contributed by atoms with Crippen LogP contribution in [0.25, 0.3) is 11.7 Å². The van der Waals surface area contributed by atoms with Crippen LogP contribution in [0, 0.1) is 12.7 Å². The van der Waals surface area contributed by atoms with Gasteiger partial charge in [0, 0.05) is 5.69 Å². The molecule has 6 nitrogen and oxygen atoms in total. The lowest BCUT2D eigenvalue weighted by Crippen LogP contribution is -2.22. The lowest BCUT2D eigenvalue weighted by atomic mass is 10.2. The third-order valence-corrected chi connectivity index (χ3v) is 4.16. The van der Waals surface area contributed by atoms with E-state index in [0.717, 1.165) is 11.8 Å². The van der Waals surface area contributed by atoms with E-state index < -0.39 is 5.25 Å². The van der Waals surface area contributed by atoms with E-state index in [1.54, 1.807) is 38.1 Å². The molecule has 1 atom stereocenters. The van der Waals surface area contributed by atoms with Crippen molar-refractivity contribution in [2.24, 2.45) is 0 Å². The van der Waals surface area contributed by atoms with Crippen molar-refractivity contribution >= 4 is 23.4 Å². The molecule has 0 aliphatic rings. The Labute approximate surface area is 141 Å². The molecule has 1 amide bonds. The highest BCUT2D eigenvalue weighted by Crippen LogP contribution is 2.27. The van der Waals surface area contributed by atoms with Gasteiger partial charge in [-0.05, 0) is 43.7 Å². The van der Waals surface area contributed by atoms with Crippen molar-refractivity contribution in [3.05, 3.63) is 48.0 Å². The highest BCUT2D eigenvalue weighted by atomic mass is 32.2. The predicted molar refractivity (Wildman–Crippen MR) is 87.1 cm³/mol. The summed E-state index contributed by atoms with van der Waals surface area (Å²) in [7, 11) is 0. The van der Waals surface area contributed by atoms with E-state index in [1.807, 2.05) is 0 Å². The Kier molecular flexibility index (Phi) is 4.66. The van der Waals surface area contributed by atoms with Gasteiger partial charge < -0.3 is 14.2 Å². The van der Waals surface area contributed by atoms with E-state index in [4.69, 9.17) is 8.83 Å². The maximum Gasteiger partial charge on any atom is 0.284 e. The van der Waals surface area contributed by atoms with Crippen LogP contribution in [0.3, 0.4) is 0 Å². The SMILES string of the molecule is Cc1ccc(NC(=O)[C@H](C)Sc2nnc(-c3ccco3)o2)cc1F. The second-order valence-corrected chi connectivity index (χ2v) is 6.36. The molecule has 3 rings (SSSR count). The molecular weight excluding hydrogens is 333 g/mol. The second-order valence-electron chi connectivity index (χ2n) is 5.06. The lowest BCUT2D eigenvalue weighted by Gasteiger charge is -2.10. The predicted octanol–water partition coefficient (Wildman–Crippen LogP) is 3.90. The van der Waals surface area contributed by atoms with Crippen LogP contribution >= 0.6 is 11.8 Å². The third kappa shape index (κ3) is 3.65. The largest absolute Gasteiger partial charge is 0.459 e. The average molecular weight is 347 g/mol. The van der Waals surface area contributed by atoms with Crippen LogP contribution < -0.4 is 5.32 Å². The van der Waals surface area contributed by atoms with Crippen LogP contribution in [-0.2, 0) is 4.79 Å². The van der Waals surface area contributed by atoms with Crippen LogP contribution in [0.15, 0.2) is 50.7 Å². The van der Waals surface area contributed by atoms with Crippen molar-refractivity contribution in [1.29, 1.82) is 0 Å². The van der Waals surface area contributed by atoms with Gasteiger partial charge in [-0.15, -0.1) is 10.2 Å². The molecule has 0 aliphatic carbocycles. The molecule has 0 saturated heterocycles. The Morgan fingerprint density at radius 3 is 2.88 bits per heavy atom. The van der Waals surface area contributed by atoms with Gasteiger partial charge >= 0.3 is 0 Å². The van der Waals surface area contributed by atoms with E-state index in [-0.39, 0.29) is 22.8 Å². The number of carbonyl (C=O) groups is 1. The molecule has 0 radical (unpaired) electrons. The van der Waals surface area contributed by atoms with E-state index in [9.17, 15) is 9.18 Å². The van der Waals surface area contributed by atoms with Crippen LogP contribution in [0.4, 0.5) is 10.1 Å². The van der Waals surface area contributed by atoms with Crippen molar-refractivity contribution in [2.75, 3.05) is 5.32 Å². The van der Waals surface area contributed by atoms with Gasteiger partial charge in [-0.25, -0.2) is 4.39 Å². The van der Waals surface area contributed by atoms with Crippen LogP contribution in [-0.4, -0.2) is 21.4 Å². The molecule has 0 saturated carbocycles. The molecule has 8 heteroatoms. The lowest BCUT2D eigenvalue weighted by molar-refractivity contribution is -0.115. The first-order valence-electron chi connectivity index (χ1n) is 7.14. The fourth-order valence-corrected chi connectivity index (χ4v) is 2.56. The van der Waals surface area contributed by atoms with E-state index in [2.05, 4.69) is 15.5 Å². The van der Waals surface area contributed by atoms with Gasteiger partial charge in [-0.3, -0.25) is 4.79 Å². The van der Waals surface area contributed by atoms with E-state index in [1.165, 1.54) is 12.3 Å². The number of halogens is 1.